The van der Waals surface area contributed by atoms with Crippen LogP contribution >= 0.6 is 27.7 Å². The molecule has 12 nitrogen and oxygen atoms in total. The molecule has 0 saturated carbocycles. The Kier molecular flexibility index (Phi) is 9.87. The van der Waals surface area contributed by atoms with E-state index in [2.05, 4.69) is 31.9 Å². The summed E-state index contributed by atoms with van der Waals surface area (Å²) < 4.78 is 22.8. The summed E-state index contributed by atoms with van der Waals surface area (Å²) in [5, 5.41) is 29.8. The summed E-state index contributed by atoms with van der Waals surface area (Å²) in [4.78, 5) is 35.4. The van der Waals surface area contributed by atoms with Gasteiger partial charge in [0.1, 0.15) is 31.0 Å². The number of unbranched alkanes of at least 4 members (excludes halogenated alkanes) is 1. The van der Waals surface area contributed by atoms with Crippen molar-refractivity contribution in [3.05, 3.63) is 35.4 Å². The van der Waals surface area contributed by atoms with Crippen LogP contribution < -0.4 is 16.0 Å². The highest BCUT2D eigenvalue weighted by Crippen LogP contribution is 2.34. The number of aliphatic hydroxyl groups is 2. The van der Waals surface area contributed by atoms with E-state index in [-0.39, 0.29) is 48.5 Å². The fourth-order valence-electron chi connectivity index (χ4n) is 5.36. The number of urea groups is 1. The van der Waals surface area contributed by atoms with Gasteiger partial charge in [-0.25, -0.2) is 4.79 Å². The van der Waals surface area contributed by atoms with Crippen LogP contribution in [0.25, 0.3) is 0 Å². The van der Waals surface area contributed by atoms with E-state index in [0.717, 1.165) is 30.6 Å². The third-order valence-electron chi connectivity index (χ3n) is 7.51. The molecule has 3 amide bonds. The zero-order chi connectivity index (χ0) is 28.2. The highest BCUT2D eigenvalue weighted by atomic mass is 79.9. The number of hydrogen-bond acceptors (Lipinski definition) is 10. The molecule has 2 unspecified atom stereocenters. The number of nitrogens with one attached hydrogen (secondary N) is 3. The fraction of sp³-hybridized carbons (Fsp3) is 0.654. The molecule has 14 heteroatoms. The molecular formula is C26H34BrN3O9S. The van der Waals surface area contributed by atoms with E-state index < -0.39 is 36.9 Å². The SMILES string of the molecule is O=C(CBr)N[13C@@H]1O[13C@@H]2[13CH2]OC(c3ccc(COC(=O)CCCC[C@@H]4SC[C@@H]5NC(=O)N[C@@H]54)cc3)O[13CH]2[13C@H](O)[13C@H]1O. The number of fused-ring (bicyclic) bond motifs is 2. The number of benzene rings is 1. The summed E-state index contributed by atoms with van der Waals surface area (Å²) in [7, 11) is 0. The van der Waals surface area contributed by atoms with E-state index in [4.69, 9.17) is 18.9 Å². The van der Waals surface area contributed by atoms with Crippen molar-refractivity contribution >= 4 is 45.6 Å². The Morgan fingerprint density at radius 3 is 2.70 bits per heavy atom. The van der Waals surface area contributed by atoms with E-state index in [9.17, 15) is 24.6 Å². The van der Waals surface area contributed by atoms with Gasteiger partial charge in [-0.2, -0.15) is 11.8 Å². The molecule has 0 aliphatic carbocycles. The van der Waals surface area contributed by atoms with Crippen LogP contribution in [0.5, 0.6) is 0 Å². The Morgan fingerprint density at radius 2 is 1.93 bits per heavy atom. The number of alkyl halides is 1. The maximum Gasteiger partial charge on any atom is 0.315 e. The highest BCUT2D eigenvalue weighted by molar-refractivity contribution is 9.09. The molecule has 5 rings (SSSR count). The van der Waals surface area contributed by atoms with Gasteiger partial charge in [-0.15, -0.1) is 0 Å². The van der Waals surface area contributed by atoms with Crippen LogP contribution in [0.4, 0.5) is 4.79 Å². The van der Waals surface area contributed by atoms with Crippen molar-refractivity contribution in [3.8, 4) is 0 Å². The maximum atomic E-state index is 12.2. The zero-order valence-corrected chi connectivity index (χ0v) is 24.1. The average molecular weight is 650 g/mol. The number of carbonyl (C=O) groups excluding carboxylic acids is 3. The second kappa shape index (κ2) is 13.4. The minimum Gasteiger partial charge on any atom is -0.461 e. The maximum absolute atomic E-state index is 12.2. The van der Waals surface area contributed by atoms with Crippen molar-refractivity contribution < 1.29 is 43.5 Å². The number of rotatable bonds is 10. The van der Waals surface area contributed by atoms with Crippen molar-refractivity contribution in [2.45, 2.75) is 86.6 Å². The Balaban J connectivity index is 1.02. The minimum atomic E-state index is -1.36. The standard InChI is InChI=1S/C26H34BrN3O9S/c27-9-18(31)29-24-22(34)21(33)23-16(38-24)11-37-25(39-23)14-7-5-13(6-8-14)10-36-19(32)4-2-1-3-17-20-15(12-40-17)28-26(35)30-20/h5-8,15-17,20-25,33-34H,1-4,9-12H2,(H,29,31)(H2,28,30,35)/t15-,16+,17-,20-,21+,22+,23?,24+,25?/m0/s1/i11+1,16+1,21+1,22+1,23+1,24+1. The number of aliphatic hydroxyl groups excluding tert-OH is 2. The number of carbonyl (C=O) groups is 3. The molecule has 0 aromatic heterocycles. The molecule has 4 saturated heterocycles. The summed E-state index contributed by atoms with van der Waals surface area (Å²) in [5.41, 5.74) is 1.51. The van der Waals surface area contributed by atoms with Crippen LogP contribution in [0.1, 0.15) is 43.1 Å². The van der Waals surface area contributed by atoms with Crippen molar-refractivity contribution in [2.24, 2.45) is 0 Å². The molecule has 1 aromatic rings. The van der Waals surface area contributed by atoms with E-state index in [1.54, 1.807) is 12.1 Å². The van der Waals surface area contributed by atoms with Crippen molar-refractivity contribution in [1.29, 1.82) is 0 Å². The highest BCUT2D eigenvalue weighted by Gasteiger charge is 2.49. The number of thioether (sulfide) groups is 1. The van der Waals surface area contributed by atoms with E-state index >= 15 is 0 Å². The van der Waals surface area contributed by atoms with Crippen molar-refractivity contribution in [3.63, 3.8) is 0 Å². The van der Waals surface area contributed by atoms with Gasteiger partial charge in [0.15, 0.2) is 12.5 Å². The molecule has 1 aromatic carbocycles. The van der Waals surface area contributed by atoms with Crippen LogP contribution in [0.3, 0.4) is 0 Å². The first-order chi connectivity index (χ1) is 19.3. The molecule has 220 valence electrons. The second-order valence-electron chi connectivity index (χ2n) is 10.3. The first kappa shape index (κ1) is 29.5. The quantitative estimate of drug-likeness (QED) is 0.0806. The second-order valence-corrected chi connectivity index (χ2v) is 12.1. The van der Waals surface area contributed by atoms with Gasteiger partial charge in [-0.1, -0.05) is 46.6 Å². The molecule has 40 heavy (non-hydrogen) atoms. The first-order valence-corrected chi connectivity index (χ1v) is 15.6. The Bertz CT molecular complexity index is 1060. The minimum absolute atomic E-state index is 0.0373. The van der Waals surface area contributed by atoms with E-state index in [1.165, 1.54) is 0 Å². The third-order valence-corrected chi connectivity index (χ3v) is 9.53. The molecule has 9 atom stereocenters. The van der Waals surface area contributed by atoms with Crippen LogP contribution in [-0.4, -0.2) is 93.8 Å². The van der Waals surface area contributed by atoms with Crippen LogP contribution in [0, 0.1) is 0 Å². The van der Waals surface area contributed by atoms with Gasteiger partial charge < -0.3 is 45.1 Å². The normalized spacial score (nSPS) is 34.8. The van der Waals surface area contributed by atoms with Crippen LogP contribution in [-0.2, 0) is 35.1 Å². The van der Waals surface area contributed by atoms with Gasteiger partial charge in [0.2, 0.25) is 5.91 Å². The molecule has 5 N–H and O–H groups in total. The zero-order valence-electron chi connectivity index (χ0n) is 21.7. The number of hydrogen-bond donors (Lipinski definition) is 5. The van der Waals surface area contributed by atoms with Crippen molar-refractivity contribution in [2.75, 3.05) is 17.7 Å². The van der Waals surface area contributed by atoms with Gasteiger partial charge >= 0.3 is 12.0 Å². The lowest BCUT2D eigenvalue weighted by molar-refractivity contribution is -0.330. The summed E-state index contributed by atoms with van der Waals surface area (Å²) in [6.07, 6.45) is -3.06. The first-order valence-electron chi connectivity index (χ1n) is 13.4. The Morgan fingerprint density at radius 1 is 1.12 bits per heavy atom. The molecule has 0 bridgehead atoms. The number of ether oxygens (including phenoxy) is 4. The lowest BCUT2D eigenvalue weighted by Crippen LogP contribution is -2.65. The summed E-state index contributed by atoms with van der Waals surface area (Å²) >= 11 is 4.90. The van der Waals surface area contributed by atoms with Gasteiger partial charge in [-0.05, 0) is 18.4 Å². The smallest absolute Gasteiger partial charge is 0.315 e. The fourth-order valence-corrected chi connectivity index (χ4v) is 7.07. The predicted molar refractivity (Wildman–Crippen MR) is 146 cm³/mol. The number of halogens is 1. The Labute approximate surface area is 244 Å². The lowest BCUT2D eigenvalue weighted by Gasteiger charge is -2.46. The van der Waals surface area contributed by atoms with Gasteiger partial charge in [0.25, 0.3) is 0 Å². The van der Waals surface area contributed by atoms with Crippen LogP contribution in [0.2, 0.25) is 0 Å². The summed E-state index contributed by atoms with van der Waals surface area (Å²) in [6.45, 7) is 0.252. The third kappa shape index (κ3) is 6.92. The Hall–Kier alpha value is -1.94. The molecule has 4 fully saturated rings. The van der Waals surface area contributed by atoms with Gasteiger partial charge in [0, 0.05) is 23.0 Å². The predicted octanol–water partition coefficient (Wildman–Crippen LogP) is 0.827. The topological polar surface area (TPSA) is 165 Å². The van der Waals surface area contributed by atoms with Gasteiger partial charge in [-0.3, -0.25) is 9.59 Å². The molecule has 0 radical (unpaired) electrons. The molecular weight excluding hydrogens is 616 g/mol. The van der Waals surface area contributed by atoms with Crippen LogP contribution in [0.15, 0.2) is 24.3 Å². The van der Waals surface area contributed by atoms with E-state index in [1.807, 2.05) is 23.9 Å². The number of esters is 1. The monoisotopic (exact) mass is 649 g/mol. The van der Waals surface area contributed by atoms with Crippen molar-refractivity contribution in [1.82, 2.24) is 16.0 Å². The molecule has 4 aliphatic rings. The summed E-state index contributed by atoms with van der Waals surface area (Å²) in [5.74, 6) is 0.289. The molecule has 0 spiro atoms. The largest absolute Gasteiger partial charge is 0.461 e. The van der Waals surface area contributed by atoms with Gasteiger partial charge in [0.05, 0.1) is 24.0 Å². The average Bonchev–Trinajstić information content (AvgIpc) is 3.52. The lowest BCUT2D eigenvalue weighted by atomic mass is 10.0. The summed E-state index contributed by atoms with van der Waals surface area (Å²) in [6, 6.07) is 7.51. The van der Waals surface area contributed by atoms with E-state index in [0.29, 0.717) is 17.2 Å². The molecule has 4 heterocycles. The number of amides is 3. The molecule has 4 aliphatic heterocycles.